The molecule has 2 aromatic carbocycles. The van der Waals surface area contributed by atoms with Crippen molar-refractivity contribution in [2.75, 3.05) is 0 Å². The van der Waals surface area contributed by atoms with Crippen molar-refractivity contribution in [3.8, 4) is 11.5 Å². The molecule has 0 unspecified atom stereocenters. The summed E-state index contributed by atoms with van der Waals surface area (Å²) in [7, 11) is 0. The van der Waals surface area contributed by atoms with Gasteiger partial charge in [-0.2, -0.15) is 0 Å². The Kier molecular flexibility index (Phi) is 5.63. The molecule has 2 nitrogen and oxygen atoms in total. The first-order valence-corrected chi connectivity index (χ1v) is 6.87. The molecule has 0 aliphatic heterocycles. The van der Waals surface area contributed by atoms with Gasteiger partial charge in [0.15, 0.2) is 0 Å². The SMILES string of the molecule is CC(C)c1ccc(O)cc1.Cc1cc(C)c(O)c(C)c1. The molecule has 0 radical (unpaired) electrons. The lowest BCUT2D eigenvalue weighted by atomic mass is 10.0. The van der Waals surface area contributed by atoms with Crippen LogP contribution < -0.4 is 0 Å². The number of rotatable bonds is 1. The highest BCUT2D eigenvalue weighted by Crippen LogP contribution is 2.22. The van der Waals surface area contributed by atoms with Gasteiger partial charge in [0.2, 0.25) is 0 Å². The monoisotopic (exact) mass is 272 g/mol. The van der Waals surface area contributed by atoms with Gasteiger partial charge in [-0.3, -0.25) is 0 Å². The summed E-state index contributed by atoms with van der Waals surface area (Å²) in [6.45, 7) is 10.1. The average molecular weight is 272 g/mol. The molecule has 0 aliphatic carbocycles. The fourth-order valence-electron chi connectivity index (χ4n) is 2.03. The van der Waals surface area contributed by atoms with Crippen molar-refractivity contribution in [1.29, 1.82) is 0 Å². The number of hydrogen-bond donors (Lipinski definition) is 2. The largest absolute Gasteiger partial charge is 0.508 e. The van der Waals surface area contributed by atoms with Crippen molar-refractivity contribution in [3.63, 3.8) is 0 Å². The smallest absolute Gasteiger partial charge is 0.121 e. The van der Waals surface area contributed by atoms with Crippen LogP contribution in [-0.4, -0.2) is 10.2 Å². The van der Waals surface area contributed by atoms with Gasteiger partial charge in [-0.1, -0.05) is 43.7 Å². The maximum atomic E-state index is 9.33. The summed E-state index contributed by atoms with van der Waals surface area (Å²) < 4.78 is 0. The molecule has 0 heterocycles. The third-order valence-corrected chi connectivity index (χ3v) is 3.20. The van der Waals surface area contributed by atoms with E-state index in [0.29, 0.717) is 17.4 Å². The predicted molar refractivity (Wildman–Crippen MR) is 84.5 cm³/mol. The molecule has 0 saturated carbocycles. The van der Waals surface area contributed by atoms with Gasteiger partial charge in [0.25, 0.3) is 0 Å². The molecular weight excluding hydrogens is 248 g/mol. The minimum absolute atomic E-state index is 0.337. The van der Waals surface area contributed by atoms with E-state index in [1.54, 1.807) is 12.1 Å². The van der Waals surface area contributed by atoms with Crippen LogP contribution in [0.5, 0.6) is 11.5 Å². The Morgan fingerprint density at radius 1 is 0.800 bits per heavy atom. The third-order valence-electron chi connectivity index (χ3n) is 3.20. The van der Waals surface area contributed by atoms with Gasteiger partial charge < -0.3 is 10.2 Å². The number of hydrogen-bond acceptors (Lipinski definition) is 2. The molecule has 108 valence electrons. The van der Waals surface area contributed by atoms with Crippen LogP contribution in [0.25, 0.3) is 0 Å². The van der Waals surface area contributed by atoms with Crippen LogP contribution in [-0.2, 0) is 0 Å². The molecular formula is C18H24O2. The number of aromatic hydroxyl groups is 2. The van der Waals surface area contributed by atoms with E-state index < -0.39 is 0 Å². The van der Waals surface area contributed by atoms with Crippen molar-refractivity contribution in [2.24, 2.45) is 0 Å². The molecule has 2 N–H and O–H groups in total. The lowest BCUT2D eigenvalue weighted by Crippen LogP contribution is -1.84. The highest BCUT2D eigenvalue weighted by Gasteiger charge is 1.99. The zero-order valence-electron chi connectivity index (χ0n) is 12.9. The van der Waals surface area contributed by atoms with Gasteiger partial charge in [-0.25, -0.2) is 0 Å². The maximum Gasteiger partial charge on any atom is 0.121 e. The Morgan fingerprint density at radius 2 is 1.25 bits per heavy atom. The minimum Gasteiger partial charge on any atom is -0.508 e. The highest BCUT2D eigenvalue weighted by atomic mass is 16.3. The zero-order chi connectivity index (χ0) is 15.3. The molecule has 0 saturated heterocycles. The second-order valence-electron chi connectivity index (χ2n) is 5.49. The van der Waals surface area contributed by atoms with Crippen LogP contribution in [0.3, 0.4) is 0 Å². The topological polar surface area (TPSA) is 40.5 Å². The van der Waals surface area contributed by atoms with Gasteiger partial charge >= 0.3 is 0 Å². The number of phenolic OH excluding ortho intramolecular Hbond substituents is 2. The maximum absolute atomic E-state index is 9.33. The standard InChI is InChI=1S/2C9H12O/c1-6-4-7(2)9(10)8(3)5-6;1-7(2)8-3-5-9(10)6-4-8/h4-5,10H,1-3H3;3-7,10H,1-2H3. The summed E-state index contributed by atoms with van der Waals surface area (Å²) in [6, 6.07) is 11.3. The normalized spacial score (nSPS) is 10.1. The van der Waals surface area contributed by atoms with Gasteiger partial charge in [-0.15, -0.1) is 0 Å². The molecule has 0 bridgehead atoms. The Labute approximate surface area is 121 Å². The van der Waals surface area contributed by atoms with Crippen LogP contribution >= 0.6 is 0 Å². The molecule has 2 rings (SSSR count). The average Bonchev–Trinajstić information content (AvgIpc) is 2.37. The summed E-state index contributed by atoms with van der Waals surface area (Å²) in [5, 5.41) is 18.3. The van der Waals surface area contributed by atoms with E-state index in [1.165, 1.54) is 11.1 Å². The molecule has 0 aromatic heterocycles. The summed E-state index contributed by atoms with van der Waals surface area (Å²) in [4.78, 5) is 0. The second kappa shape index (κ2) is 6.99. The predicted octanol–water partition coefficient (Wildman–Crippen LogP) is 4.83. The third kappa shape index (κ3) is 4.61. The van der Waals surface area contributed by atoms with Crippen molar-refractivity contribution in [1.82, 2.24) is 0 Å². The lowest BCUT2D eigenvalue weighted by Gasteiger charge is -2.03. The number of aryl methyl sites for hydroxylation is 3. The molecule has 2 aromatic rings. The van der Waals surface area contributed by atoms with E-state index in [9.17, 15) is 5.11 Å². The Hall–Kier alpha value is -1.96. The van der Waals surface area contributed by atoms with Crippen molar-refractivity contribution >= 4 is 0 Å². The highest BCUT2D eigenvalue weighted by molar-refractivity contribution is 5.41. The van der Waals surface area contributed by atoms with Crippen LogP contribution in [0.4, 0.5) is 0 Å². The minimum atomic E-state index is 0.337. The van der Waals surface area contributed by atoms with Crippen molar-refractivity contribution in [3.05, 3.63) is 58.7 Å². The first-order chi connectivity index (χ1) is 9.31. The number of phenols is 2. The van der Waals surface area contributed by atoms with E-state index in [4.69, 9.17) is 5.11 Å². The first-order valence-electron chi connectivity index (χ1n) is 6.87. The Bertz CT molecular complexity index is 531. The molecule has 0 amide bonds. The zero-order valence-corrected chi connectivity index (χ0v) is 12.9. The molecule has 2 heteroatoms. The van der Waals surface area contributed by atoms with Gasteiger partial charge in [-0.05, 0) is 55.5 Å². The molecule has 0 aliphatic rings. The summed E-state index contributed by atoms with van der Waals surface area (Å²) in [5.74, 6) is 1.30. The van der Waals surface area contributed by atoms with Crippen LogP contribution in [0, 0.1) is 20.8 Å². The second-order valence-corrected chi connectivity index (χ2v) is 5.49. The molecule has 20 heavy (non-hydrogen) atoms. The molecule has 0 fully saturated rings. The van der Waals surface area contributed by atoms with E-state index in [-0.39, 0.29) is 0 Å². The van der Waals surface area contributed by atoms with E-state index >= 15 is 0 Å². The van der Waals surface area contributed by atoms with Crippen molar-refractivity contribution in [2.45, 2.75) is 40.5 Å². The summed E-state index contributed by atoms with van der Waals surface area (Å²) in [5.41, 5.74) is 4.38. The quantitative estimate of drug-likeness (QED) is 0.780. The van der Waals surface area contributed by atoms with Gasteiger partial charge in [0.05, 0.1) is 0 Å². The summed E-state index contributed by atoms with van der Waals surface area (Å²) in [6.07, 6.45) is 0. The van der Waals surface area contributed by atoms with E-state index in [1.807, 2.05) is 45.0 Å². The molecule has 0 spiro atoms. The van der Waals surface area contributed by atoms with Crippen LogP contribution in [0.1, 0.15) is 42.0 Å². The first kappa shape index (κ1) is 16.1. The summed E-state index contributed by atoms with van der Waals surface area (Å²) >= 11 is 0. The lowest BCUT2D eigenvalue weighted by molar-refractivity contribution is 0.466. The van der Waals surface area contributed by atoms with Gasteiger partial charge in [0, 0.05) is 0 Å². The Balaban J connectivity index is 0.000000200. The Morgan fingerprint density at radius 3 is 1.65 bits per heavy atom. The van der Waals surface area contributed by atoms with Crippen LogP contribution in [0.2, 0.25) is 0 Å². The van der Waals surface area contributed by atoms with E-state index in [0.717, 1.165) is 11.1 Å². The van der Waals surface area contributed by atoms with Crippen LogP contribution in [0.15, 0.2) is 36.4 Å². The fraction of sp³-hybridized carbons (Fsp3) is 0.333. The van der Waals surface area contributed by atoms with Crippen molar-refractivity contribution < 1.29 is 10.2 Å². The fourth-order valence-corrected chi connectivity index (χ4v) is 2.03. The molecule has 0 atom stereocenters. The van der Waals surface area contributed by atoms with E-state index in [2.05, 4.69) is 13.8 Å². The number of benzene rings is 2. The van der Waals surface area contributed by atoms with Gasteiger partial charge in [0.1, 0.15) is 11.5 Å².